The van der Waals surface area contributed by atoms with Gasteiger partial charge >= 0.3 is 0 Å². The number of para-hydroxylation sites is 1. The number of hydrogen-bond donors (Lipinski definition) is 2. The summed E-state index contributed by atoms with van der Waals surface area (Å²) in [5.74, 6) is 0.492. The van der Waals surface area contributed by atoms with Crippen LogP contribution in [0.15, 0.2) is 18.2 Å². The number of nitrogens with zero attached hydrogens (tertiary/aromatic N) is 1. The van der Waals surface area contributed by atoms with E-state index in [2.05, 4.69) is 32.0 Å². The minimum absolute atomic E-state index is 0.492. The van der Waals surface area contributed by atoms with Gasteiger partial charge in [0.25, 0.3) is 0 Å². The molecule has 0 amide bonds. The zero-order valence-corrected chi connectivity index (χ0v) is 9.34. The van der Waals surface area contributed by atoms with Crippen LogP contribution in [-0.4, -0.2) is 15.3 Å². The molecule has 4 heteroatoms. The molecular formula is C10H12BrN3. The molecule has 14 heavy (non-hydrogen) atoms. The minimum atomic E-state index is 0.492. The summed E-state index contributed by atoms with van der Waals surface area (Å²) in [7, 11) is 0. The standard InChI is InChI=1S/C10H12BrN3/c11-6-2-4-7-3-1-5-8-9(7)14-10(12)13-8/h1,3,5H,2,4,6H2,(H3,12,13,14). The molecule has 3 nitrogen and oxygen atoms in total. The van der Waals surface area contributed by atoms with Crippen LogP contribution >= 0.6 is 15.9 Å². The molecule has 0 bridgehead atoms. The normalized spacial score (nSPS) is 10.9. The van der Waals surface area contributed by atoms with E-state index in [1.165, 1.54) is 5.56 Å². The fourth-order valence-electron chi connectivity index (χ4n) is 1.57. The Kier molecular flexibility index (Phi) is 2.72. The fraction of sp³-hybridized carbons (Fsp3) is 0.300. The summed E-state index contributed by atoms with van der Waals surface area (Å²) < 4.78 is 0. The van der Waals surface area contributed by atoms with Crippen molar-refractivity contribution in [3.63, 3.8) is 0 Å². The number of aromatic nitrogens is 2. The summed E-state index contributed by atoms with van der Waals surface area (Å²) in [6, 6.07) is 6.13. The van der Waals surface area contributed by atoms with Crippen LogP contribution in [-0.2, 0) is 6.42 Å². The number of H-pyrrole nitrogens is 1. The van der Waals surface area contributed by atoms with Crippen LogP contribution in [0.1, 0.15) is 12.0 Å². The van der Waals surface area contributed by atoms with Crippen molar-refractivity contribution in [2.45, 2.75) is 12.8 Å². The number of benzene rings is 1. The molecule has 0 fully saturated rings. The highest BCUT2D eigenvalue weighted by molar-refractivity contribution is 9.09. The molecule has 0 saturated carbocycles. The molecule has 0 saturated heterocycles. The highest BCUT2D eigenvalue weighted by atomic mass is 79.9. The third-order valence-electron chi connectivity index (χ3n) is 2.19. The van der Waals surface area contributed by atoms with Gasteiger partial charge in [0, 0.05) is 5.33 Å². The average Bonchev–Trinajstić information content (AvgIpc) is 2.55. The van der Waals surface area contributed by atoms with Gasteiger partial charge in [-0.25, -0.2) is 4.98 Å². The molecule has 0 radical (unpaired) electrons. The van der Waals surface area contributed by atoms with Crippen LogP contribution in [0.3, 0.4) is 0 Å². The number of aromatic amines is 1. The summed E-state index contributed by atoms with van der Waals surface area (Å²) in [6.45, 7) is 0. The summed E-state index contributed by atoms with van der Waals surface area (Å²) >= 11 is 3.42. The van der Waals surface area contributed by atoms with E-state index in [1.807, 2.05) is 12.1 Å². The van der Waals surface area contributed by atoms with Gasteiger partial charge in [0.2, 0.25) is 0 Å². The van der Waals surface area contributed by atoms with Gasteiger partial charge in [-0.2, -0.15) is 0 Å². The average molecular weight is 254 g/mol. The number of nitrogen functional groups attached to an aromatic ring is 1. The molecule has 0 spiro atoms. The van der Waals surface area contributed by atoms with Crippen molar-refractivity contribution >= 4 is 32.9 Å². The van der Waals surface area contributed by atoms with Crippen molar-refractivity contribution in [2.24, 2.45) is 0 Å². The third-order valence-corrected chi connectivity index (χ3v) is 2.76. The number of anilines is 1. The summed E-state index contributed by atoms with van der Waals surface area (Å²) in [5, 5.41) is 1.02. The number of imidazole rings is 1. The van der Waals surface area contributed by atoms with Crippen molar-refractivity contribution in [1.29, 1.82) is 0 Å². The Labute approximate surface area is 90.8 Å². The molecule has 0 aliphatic heterocycles. The number of halogens is 1. The molecule has 74 valence electrons. The van der Waals surface area contributed by atoms with Crippen molar-refractivity contribution in [3.8, 4) is 0 Å². The molecule has 1 heterocycles. The van der Waals surface area contributed by atoms with Gasteiger partial charge in [0.1, 0.15) is 0 Å². The second-order valence-corrected chi connectivity index (χ2v) is 4.02. The molecule has 0 atom stereocenters. The van der Waals surface area contributed by atoms with Gasteiger partial charge < -0.3 is 10.7 Å². The molecule has 2 rings (SSSR count). The van der Waals surface area contributed by atoms with Crippen molar-refractivity contribution < 1.29 is 0 Å². The van der Waals surface area contributed by atoms with Gasteiger partial charge in [-0.15, -0.1) is 0 Å². The van der Waals surface area contributed by atoms with Gasteiger partial charge in [0.15, 0.2) is 5.95 Å². The van der Waals surface area contributed by atoms with Crippen molar-refractivity contribution in [1.82, 2.24) is 9.97 Å². The summed E-state index contributed by atoms with van der Waals surface area (Å²) in [6.07, 6.45) is 2.15. The Morgan fingerprint density at radius 3 is 3.07 bits per heavy atom. The molecule has 0 aliphatic carbocycles. The van der Waals surface area contributed by atoms with E-state index in [0.29, 0.717) is 5.95 Å². The van der Waals surface area contributed by atoms with Gasteiger partial charge in [0.05, 0.1) is 11.0 Å². The predicted octanol–water partition coefficient (Wildman–Crippen LogP) is 2.47. The number of nitrogens with one attached hydrogen (secondary N) is 1. The smallest absolute Gasteiger partial charge is 0.198 e. The largest absolute Gasteiger partial charge is 0.369 e. The summed E-state index contributed by atoms with van der Waals surface area (Å²) in [4.78, 5) is 7.30. The van der Waals surface area contributed by atoms with E-state index in [0.717, 1.165) is 29.2 Å². The van der Waals surface area contributed by atoms with E-state index in [4.69, 9.17) is 5.73 Å². The van der Waals surface area contributed by atoms with Gasteiger partial charge in [-0.1, -0.05) is 28.1 Å². The Bertz CT molecular complexity index is 436. The molecule has 2 aromatic rings. The van der Waals surface area contributed by atoms with Gasteiger partial charge in [-0.05, 0) is 24.5 Å². The zero-order valence-electron chi connectivity index (χ0n) is 7.76. The number of alkyl halides is 1. The van der Waals surface area contributed by atoms with E-state index >= 15 is 0 Å². The maximum atomic E-state index is 5.61. The van der Waals surface area contributed by atoms with E-state index in [9.17, 15) is 0 Å². The van der Waals surface area contributed by atoms with E-state index in [1.54, 1.807) is 0 Å². The molecule has 0 aliphatic rings. The Balaban J connectivity index is 2.42. The van der Waals surface area contributed by atoms with Crippen LogP contribution in [0.4, 0.5) is 5.95 Å². The first-order chi connectivity index (χ1) is 6.81. The SMILES string of the molecule is Nc1nc2c(CCCBr)cccc2[nH]1. The van der Waals surface area contributed by atoms with Crippen LogP contribution in [0, 0.1) is 0 Å². The quantitative estimate of drug-likeness (QED) is 0.826. The molecule has 1 aromatic carbocycles. The first-order valence-corrected chi connectivity index (χ1v) is 5.72. The molecule has 3 N–H and O–H groups in total. The van der Waals surface area contributed by atoms with Crippen LogP contribution in [0.25, 0.3) is 11.0 Å². The number of nitrogens with two attached hydrogens (primary N) is 1. The third kappa shape index (κ3) is 1.75. The monoisotopic (exact) mass is 253 g/mol. The summed E-state index contributed by atoms with van der Waals surface area (Å²) in [5.41, 5.74) is 8.90. The second-order valence-electron chi connectivity index (χ2n) is 3.23. The lowest BCUT2D eigenvalue weighted by molar-refractivity contribution is 0.945. The van der Waals surface area contributed by atoms with E-state index < -0.39 is 0 Å². The number of rotatable bonds is 3. The zero-order chi connectivity index (χ0) is 9.97. The van der Waals surface area contributed by atoms with Crippen LogP contribution < -0.4 is 5.73 Å². The lowest BCUT2D eigenvalue weighted by atomic mass is 10.1. The Morgan fingerprint density at radius 2 is 2.29 bits per heavy atom. The topological polar surface area (TPSA) is 54.7 Å². The maximum Gasteiger partial charge on any atom is 0.198 e. The second kappa shape index (κ2) is 4.00. The van der Waals surface area contributed by atoms with Crippen LogP contribution in [0.5, 0.6) is 0 Å². The lowest BCUT2D eigenvalue weighted by Crippen LogP contribution is -1.88. The van der Waals surface area contributed by atoms with Crippen LogP contribution in [0.2, 0.25) is 0 Å². The number of fused-ring (bicyclic) bond motifs is 1. The number of hydrogen-bond acceptors (Lipinski definition) is 2. The predicted molar refractivity (Wildman–Crippen MR) is 62.6 cm³/mol. The number of aryl methyl sites for hydroxylation is 1. The molecular weight excluding hydrogens is 242 g/mol. The van der Waals surface area contributed by atoms with Crippen molar-refractivity contribution in [2.75, 3.05) is 11.1 Å². The molecule has 1 aromatic heterocycles. The molecule has 0 unspecified atom stereocenters. The van der Waals surface area contributed by atoms with Crippen molar-refractivity contribution in [3.05, 3.63) is 23.8 Å². The highest BCUT2D eigenvalue weighted by Crippen LogP contribution is 2.18. The maximum absolute atomic E-state index is 5.61. The minimum Gasteiger partial charge on any atom is -0.369 e. The van der Waals surface area contributed by atoms with Gasteiger partial charge in [-0.3, -0.25) is 0 Å². The first kappa shape index (κ1) is 9.52. The van der Waals surface area contributed by atoms with E-state index in [-0.39, 0.29) is 0 Å². The fourth-order valence-corrected chi connectivity index (χ4v) is 1.85. The first-order valence-electron chi connectivity index (χ1n) is 4.60. The Morgan fingerprint density at radius 1 is 1.43 bits per heavy atom. The Hall–Kier alpha value is -1.03. The lowest BCUT2D eigenvalue weighted by Gasteiger charge is -1.99. The highest BCUT2D eigenvalue weighted by Gasteiger charge is 2.04.